The van der Waals surface area contributed by atoms with Crippen LogP contribution in [0.1, 0.15) is 12.0 Å². The maximum Gasteiger partial charge on any atom is 0.223 e. The summed E-state index contributed by atoms with van der Waals surface area (Å²) in [5.74, 6) is 1.58. The molecule has 0 radical (unpaired) electrons. The smallest absolute Gasteiger partial charge is 0.223 e. The van der Waals surface area contributed by atoms with Gasteiger partial charge in [0.15, 0.2) is 0 Å². The molecule has 0 aliphatic carbocycles. The lowest BCUT2D eigenvalue weighted by Crippen LogP contribution is -2.07. The fourth-order valence-electron chi connectivity index (χ4n) is 4.15. The summed E-state index contributed by atoms with van der Waals surface area (Å²) in [4.78, 5) is 17.3. The molecule has 0 saturated heterocycles. The van der Waals surface area contributed by atoms with E-state index >= 15 is 0 Å². The molecule has 2 aromatic heterocycles. The Morgan fingerprint density at radius 3 is 2.52 bits per heavy atom. The number of imidazole rings is 1. The van der Waals surface area contributed by atoms with Crippen molar-refractivity contribution in [3.8, 4) is 45.5 Å². The lowest BCUT2D eigenvalue weighted by molar-refractivity contribution is 0.197. The van der Waals surface area contributed by atoms with Crippen molar-refractivity contribution in [1.29, 1.82) is 0 Å². The molecule has 0 unspecified atom stereocenters. The van der Waals surface area contributed by atoms with E-state index in [-0.39, 0.29) is 15.8 Å². The van der Waals surface area contributed by atoms with Crippen molar-refractivity contribution in [3.63, 3.8) is 0 Å². The van der Waals surface area contributed by atoms with Crippen LogP contribution in [0.2, 0.25) is 10.0 Å². The summed E-state index contributed by atoms with van der Waals surface area (Å²) < 4.78 is 11.2. The number of nitrogens with zero attached hydrogens (tertiary/aromatic N) is 3. The number of phenolic OH excluding ortho intramolecular Hbond substituents is 1. The number of hydrogen-bond donors (Lipinski definition) is 3. The van der Waals surface area contributed by atoms with Gasteiger partial charge in [0.2, 0.25) is 5.95 Å². The van der Waals surface area contributed by atoms with Crippen molar-refractivity contribution < 1.29 is 14.6 Å². The molecule has 3 aromatic carbocycles. The molecule has 10 heteroatoms. The summed E-state index contributed by atoms with van der Waals surface area (Å²) in [5, 5.41) is 13.7. The van der Waals surface area contributed by atoms with Gasteiger partial charge in [0, 0.05) is 32.0 Å². The van der Waals surface area contributed by atoms with Crippen LogP contribution in [0.3, 0.4) is 0 Å². The standard InChI is InChI=1S/C30H27Cl2N5O3/c1-39-14-6-12-33-30-34-13-11-25(35-30)28-27(36-29(37-28)26-23(31)16-21(38)17-24(26)32)20-9-5-10-22(15-20)40-18-19-7-3-2-4-8-19/h2-5,7-11,13,15-17,38H,6,12,14,18H2,1H3,(H,36,37)(H,33,34,35). The number of ether oxygens (including phenoxy) is 2. The van der Waals surface area contributed by atoms with Crippen LogP contribution in [0.4, 0.5) is 5.95 Å². The molecule has 5 rings (SSSR count). The van der Waals surface area contributed by atoms with Crippen LogP contribution >= 0.6 is 23.2 Å². The lowest BCUT2D eigenvalue weighted by atomic mass is 10.1. The Bertz CT molecular complexity index is 1570. The molecule has 5 aromatic rings. The number of benzene rings is 3. The Morgan fingerprint density at radius 2 is 1.75 bits per heavy atom. The minimum atomic E-state index is -0.0333. The van der Waals surface area contributed by atoms with Crippen LogP contribution in [0.15, 0.2) is 79.0 Å². The number of methoxy groups -OCH3 is 1. The number of nitrogens with one attached hydrogen (secondary N) is 2. The zero-order valence-electron chi connectivity index (χ0n) is 21.7. The quantitative estimate of drug-likeness (QED) is 0.142. The number of halogens is 2. The topological polar surface area (TPSA) is 105 Å². The van der Waals surface area contributed by atoms with Crippen LogP contribution in [0.5, 0.6) is 11.5 Å². The Morgan fingerprint density at radius 1 is 0.950 bits per heavy atom. The fourth-order valence-corrected chi connectivity index (χ4v) is 4.80. The Kier molecular flexibility index (Phi) is 8.81. The SMILES string of the molecule is COCCCNc1nccc(-c2[nH]c(-c3c(Cl)cc(O)cc3Cl)nc2-c2cccc(OCc3ccccc3)c2)n1. The first-order valence-corrected chi connectivity index (χ1v) is 13.4. The molecule has 8 nitrogen and oxygen atoms in total. The minimum absolute atomic E-state index is 0.0333. The normalized spacial score (nSPS) is 11.0. The third kappa shape index (κ3) is 6.54. The van der Waals surface area contributed by atoms with Crippen LogP contribution in [-0.2, 0) is 11.3 Å². The van der Waals surface area contributed by atoms with E-state index in [9.17, 15) is 5.11 Å². The number of aromatic amines is 1. The first kappa shape index (κ1) is 27.5. The number of rotatable bonds is 11. The molecule has 0 aliphatic rings. The molecule has 0 saturated carbocycles. The number of hydrogen-bond acceptors (Lipinski definition) is 7. The van der Waals surface area contributed by atoms with Gasteiger partial charge >= 0.3 is 0 Å². The number of aromatic nitrogens is 4. The maximum absolute atomic E-state index is 9.93. The highest BCUT2D eigenvalue weighted by molar-refractivity contribution is 6.39. The molecule has 3 N–H and O–H groups in total. The largest absolute Gasteiger partial charge is 0.508 e. The molecule has 0 atom stereocenters. The van der Waals surface area contributed by atoms with Crippen molar-refractivity contribution in [3.05, 3.63) is 94.6 Å². The summed E-state index contributed by atoms with van der Waals surface area (Å²) >= 11 is 13.0. The highest BCUT2D eigenvalue weighted by atomic mass is 35.5. The number of anilines is 1. The number of aromatic hydroxyl groups is 1. The van der Waals surface area contributed by atoms with Gasteiger partial charge in [-0.05, 0) is 42.3 Å². The molecule has 0 fully saturated rings. The summed E-state index contributed by atoms with van der Waals surface area (Å²) in [6.45, 7) is 1.74. The van der Waals surface area contributed by atoms with Crippen molar-refractivity contribution in [2.75, 3.05) is 25.6 Å². The Labute approximate surface area is 242 Å². The zero-order valence-corrected chi connectivity index (χ0v) is 23.2. The molecule has 0 bridgehead atoms. The maximum atomic E-state index is 9.93. The average molecular weight is 576 g/mol. The second-order valence-corrected chi connectivity index (χ2v) is 9.75. The Hall–Kier alpha value is -4.11. The summed E-state index contributed by atoms with van der Waals surface area (Å²) in [5.41, 5.74) is 4.25. The molecule has 0 aliphatic heterocycles. The van der Waals surface area contributed by atoms with E-state index < -0.39 is 0 Å². The van der Waals surface area contributed by atoms with Crippen molar-refractivity contribution >= 4 is 29.2 Å². The van der Waals surface area contributed by atoms with Crippen molar-refractivity contribution in [2.45, 2.75) is 13.0 Å². The van der Waals surface area contributed by atoms with E-state index in [4.69, 9.17) is 42.6 Å². The molecule has 204 valence electrons. The second-order valence-electron chi connectivity index (χ2n) is 8.93. The molecular weight excluding hydrogens is 549 g/mol. The summed E-state index contributed by atoms with van der Waals surface area (Å²) in [6, 6.07) is 22.3. The zero-order chi connectivity index (χ0) is 27.9. The van der Waals surface area contributed by atoms with Gasteiger partial charge in [-0.2, -0.15) is 0 Å². The second kappa shape index (κ2) is 12.8. The summed E-state index contributed by atoms with van der Waals surface area (Å²) in [6.07, 6.45) is 2.50. The van der Waals surface area contributed by atoms with Crippen LogP contribution in [0, 0.1) is 0 Å². The van der Waals surface area contributed by atoms with Crippen molar-refractivity contribution in [1.82, 2.24) is 19.9 Å². The van der Waals surface area contributed by atoms with E-state index in [1.807, 2.05) is 54.6 Å². The van der Waals surface area contributed by atoms with Crippen LogP contribution in [0.25, 0.3) is 34.0 Å². The van der Waals surface area contributed by atoms with Gasteiger partial charge in [0.1, 0.15) is 23.9 Å². The van der Waals surface area contributed by atoms with E-state index in [1.165, 1.54) is 12.1 Å². The van der Waals surface area contributed by atoms with E-state index in [2.05, 4.69) is 15.3 Å². The number of H-pyrrole nitrogens is 1. The molecular formula is C30H27Cl2N5O3. The van der Waals surface area contributed by atoms with E-state index in [0.29, 0.717) is 59.9 Å². The van der Waals surface area contributed by atoms with E-state index in [0.717, 1.165) is 17.5 Å². The monoisotopic (exact) mass is 575 g/mol. The van der Waals surface area contributed by atoms with E-state index in [1.54, 1.807) is 19.4 Å². The first-order chi connectivity index (χ1) is 19.5. The third-order valence-corrected chi connectivity index (χ3v) is 6.64. The van der Waals surface area contributed by atoms with Gasteiger partial charge in [-0.3, -0.25) is 0 Å². The van der Waals surface area contributed by atoms with Crippen LogP contribution < -0.4 is 10.1 Å². The van der Waals surface area contributed by atoms with Gasteiger partial charge in [-0.1, -0.05) is 65.7 Å². The van der Waals surface area contributed by atoms with Gasteiger partial charge < -0.3 is 24.9 Å². The predicted molar refractivity (Wildman–Crippen MR) is 158 cm³/mol. The van der Waals surface area contributed by atoms with Gasteiger partial charge in [0.25, 0.3) is 0 Å². The minimum Gasteiger partial charge on any atom is -0.508 e. The Balaban J connectivity index is 1.54. The van der Waals surface area contributed by atoms with Gasteiger partial charge in [0.05, 0.1) is 32.7 Å². The lowest BCUT2D eigenvalue weighted by Gasteiger charge is -2.09. The molecule has 2 heterocycles. The van der Waals surface area contributed by atoms with Crippen molar-refractivity contribution in [2.24, 2.45) is 0 Å². The predicted octanol–water partition coefficient (Wildman–Crippen LogP) is 7.24. The highest BCUT2D eigenvalue weighted by Gasteiger charge is 2.21. The number of phenols is 1. The molecule has 40 heavy (non-hydrogen) atoms. The van der Waals surface area contributed by atoms with Crippen LogP contribution in [-0.4, -0.2) is 45.3 Å². The van der Waals surface area contributed by atoms with Gasteiger partial charge in [-0.15, -0.1) is 0 Å². The first-order valence-electron chi connectivity index (χ1n) is 12.6. The van der Waals surface area contributed by atoms with Gasteiger partial charge in [-0.25, -0.2) is 15.0 Å². The summed E-state index contributed by atoms with van der Waals surface area (Å²) in [7, 11) is 1.67. The molecule has 0 amide bonds. The molecule has 0 spiro atoms. The highest BCUT2D eigenvalue weighted by Crippen LogP contribution is 2.40. The third-order valence-electron chi connectivity index (χ3n) is 6.04. The fraction of sp³-hybridized carbons (Fsp3) is 0.167. The average Bonchev–Trinajstić information content (AvgIpc) is 3.40.